The fraction of sp³-hybridized carbons (Fsp3) is 0.158. The molecule has 5 nitrogen and oxygen atoms in total. The zero-order valence-electron chi connectivity index (χ0n) is 14.0. The van der Waals surface area contributed by atoms with Crippen molar-refractivity contribution in [2.75, 3.05) is 17.7 Å². The van der Waals surface area contributed by atoms with Gasteiger partial charge in [-0.05, 0) is 35.9 Å². The first-order chi connectivity index (χ1) is 12.0. The maximum atomic E-state index is 13.1. The summed E-state index contributed by atoms with van der Waals surface area (Å²) in [6, 6.07) is 11.1. The van der Waals surface area contributed by atoms with Crippen molar-refractivity contribution in [2.45, 2.75) is 13.3 Å². The van der Waals surface area contributed by atoms with Crippen LogP contribution in [0.5, 0.6) is 5.75 Å². The van der Waals surface area contributed by atoms with Crippen molar-refractivity contribution in [3.05, 3.63) is 59.9 Å². The first kappa shape index (κ1) is 18.2. The van der Waals surface area contributed by atoms with Crippen LogP contribution in [0.25, 0.3) is 6.08 Å². The van der Waals surface area contributed by atoms with Crippen LogP contribution in [0.1, 0.15) is 18.9 Å². The van der Waals surface area contributed by atoms with Gasteiger partial charge in [0.1, 0.15) is 11.6 Å². The smallest absolute Gasteiger partial charge is 0.228 e. The quantitative estimate of drug-likeness (QED) is 0.838. The molecule has 2 N–H and O–H groups in total. The van der Waals surface area contributed by atoms with Crippen molar-refractivity contribution in [2.24, 2.45) is 0 Å². The third-order valence-corrected chi connectivity index (χ3v) is 3.26. The molecular formula is C19H19FN2O3. The van der Waals surface area contributed by atoms with Gasteiger partial charge in [-0.1, -0.05) is 24.3 Å². The fourth-order valence-electron chi connectivity index (χ4n) is 2.20. The van der Waals surface area contributed by atoms with E-state index in [9.17, 15) is 14.0 Å². The number of carbonyl (C=O) groups is 2. The largest absolute Gasteiger partial charge is 0.495 e. The monoisotopic (exact) mass is 342 g/mol. The number of carbonyl (C=O) groups excluding carboxylic acids is 2. The number of ether oxygens (including phenoxy) is 1. The Morgan fingerprint density at radius 3 is 2.64 bits per heavy atom. The number of methoxy groups -OCH3 is 1. The standard InChI is InChI=1S/C19H19FN2O3/c1-13(23)21-17-12-16(9-10-18(17)25-2)22-19(24)8-4-6-14-5-3-7-15(20)11-14/h3-7,9-12H,8H2,1-2H3,(H,21,23)(H,22,24)/b6-4+. The van der Waals surface area contributed by atoms with Crippen LogP contribution in [0.15, 0.2) is 48.5 Å². The molecule has 2 aromatic carbocycles. The molecule has 2 rings (SSSR count). The zero-order valence-corrected chi connectivity index (χ0v) is 14.0. The molecule has 0 saturated heterocycles. The summed E-state index contributed by atoms with van der Waals surface area (Å²) >= 11 is 0. The lowest BCUT2D eigenvalue weighted by molar-refractivity contribution is -0.115. The SMILES string of the molecule is COc1ccc(NC(=O)C/C=C/c2cccc(F)c2)cc1NC(C)=O. The van der Waals surface area contributed by atoms with Gasteiger partial charge in [-0.2, -0.15) is 0 Å². The summed E-state index contributed by atoms with van der Waals surface area (Å²) in [6.45, 7) is 1.39. The molecule has 6 heteroatoms. The van der Waals surface area contributed by atoms with Gasteiger partial charge < -0.3 is 15.4 Å². The molecule has 130 valence electrons. The van der Waals surface area contributed by atoms with E-state index in [1.54, 1.807) is 42.5 Å². The van der Waals surface area contributed by atoms with Gasteiger partial charge in [0.2, 0.25) is 11.8 Å². The summed E-state index contributed by atoms with van der Waals surface area (Å²) in [7, 11) is 1.50. The number of rotatable bonds is 6. The van der Waals surface area contributed by atoms with Crippen LogP contribution in [0, 0.1) is 5.82 Å². The second-order valence-corrected chi connectivity index (χ2v) is 5.31. The first-order valence-electron chi connectivity index (χ1n) is 7.65. The van der Waals surface area contributed by atoms with E-state index < -0.39 is 0 Å². The van der Waals surface area contributed by atoms with Crippen LogP contribution in [0.4, 0.5) is 15.8 Å². The van der Waals surface area contributed by atoms with Gasteiger partial charge in [0.15, 0.2) is 0 Å². The van der Waals surface area contributed by atoms with Crippen molar-refractivity contribution in [3.63, 3.8) is 0 Å². The maximum Gasteiger partial charge on any atom is 0.228 e. The van der Waals surface area contributed by atoms with E-state index in [-0.39, 0.29) is 24.1 Å². The minimum atomic E-state index is -0.324. The summed E-state index contributed by atoms with van der Waals surface area (Å²) < 4.78 is 18.2. The van der Waals surface area contributed by atoms with E-state index in [1.807, 2.05) is 0 Å². The predicted octanol–water partition coefficient (Wildman–Crippen LogP) is 3.83. The van der Waals surface area contributed by atoms with Crippen molar-refractivity contribution in [1.29, 1.82) is 0 Å². The molecule has 2 amide bonds. The Morgan fingerprint density at radius 2 is 1.96 bits per heavy atom. The van der Waals surface area contributed by atoms with Gasteiger partial charge in [-0.25, -0.2) is 4.39 Å². The average Bonchev–Trinajstić information content (AvgIpc) is 2.54. The Morgan fingerprint density at radius 1 is 1.16 bits per heavy atom. The molecule has 0 unspecified atom stereocenters. The molecule has 0 aliphatic carbocycles. The van der Waals surface area contributed by atoms with Crippen molar-refractivity contribution in [3.8, 4) is 5.75 Å². The Hall–Kier alpha value is -3.15. The van der Waals surface area contributed by atoms with Crippen LogP contribution in [0.2, 0.25) is 0 Å². The van der Waals surface area contributed by atoms with E-state index in [0.29, 0.717) is 22.7 Å². The number of nitrogens with one attached hydrogen (secondary N) is 2. The average molecular weight is 342 g/mol. The first-order valence-corrected chi connectivity index (χ1v) is 7.65. The molecule has 2 aromatic rings. The summed E-state index contributed by atoms with van der Waals surface area (Å²) in [5.41, 5.74) is 1.70. The third-order valence-electron chi connectivity index (χ3n) is 3.26. The second-order valence-electron chi connectivity index (χ2n) is 5.31. The molecule has 0 radical (unpaired) electrons. The Bertz CT molecular complexity index is 803. The molecule has 0 aromatic heterocycles. The number of amides is 2. The number of anilines is 2. The highest BCUT2D eigenvalue weighted by atomic mass is 19.1. The fourth-order valence-corrected chi connectivity index (χ4v) is 2.20. The third kappa shape index (κ3) is 5.76. The Labute approximate surface area is 145 Å². The van der Waals surface area contributed by atoms with Gasteiger partial charge in [0, 0.05) is 19.0 Å². The highest BCUT2D eigenvalue weighted by Gasteiger charge is 2.07. The molecule has 0 saturated carbocycles. The lowest BCUT2D eigenvalue weighted by atomic mass is 10.2. The molecule has 0 bridgehead atoms. The maximum absolute atomic E-state index is 13.1. The highest BCUT2D eigenvalue weighted by molar-refractivity contribution is 5.95. The molecule has 25 heavy (non-hydrogen) atoms. The normalized spacial score (nSPS) is 10.5. The number of halogens is 1. The molecule has 0 heterocycles. The minimum absolute atomic E-state index is 0.137. The van der Waals surface area contributed by atoms with Gasteiger partial charge >= 0.3 is 0 Å². The topological polar surface area (TPSA) is 67.4 Å². The summed E-state index contributed by atoms with van der Waals surface area (Å²) in [5.74, 6) is -0.291. The van der Waals surface area contributed by atoms with E-state index in [1.165, 1.54) is 26.2 Å². The number of hydrogen-bond donors (Lipinski definition) is 2. The van der Waals surface area contributed by atoms with E-state index >= 15 is 0 Å². The number of benzene rings is 2. The molecule has 0 fully saturated rings. The van der Waals surface area contributed by atoms with Crippen LogP contribution in [-0.2, 0) is 9.59 Å². The minimum Gasteiger partial charge on any atom is -0.495 e. The Balaban J connectivity index is 1.99. The van der Waals surface area contributed by atoms with Crippen molar-refractivity contribution in [1.82, 2.24) is 0 Å². The van der Waals surface area contributed by atoms with Crippen LogP contribution < -0.4 is 15.4 Å². The summed E-state index contributed by atoms with van der Waals surface area (Å²) in [6.07, 6.45) is 3.47. The lowest BCUT2D eigenvalue weighted by Gasteiger charge is -2.11. The van der Waals surface area contributed by atoms with E-state index in [2.05, 4.69) is 10.6 Å². The van der Waals surface area contributed by atoms with Crippen LogP contribution in [-0.4, -0.2) is 18.9 Å². The molecule has 0 aliphatic heterocycles. The van der Waals surface area contributed by atoms with E-state index in [0.717, 1.165) is 0 Å². The van der Waals surface area contributed by atoms with E-state index in [4.69, 9.17) is 4.74 Å². The van der Waals surface area contributed by atoms with Crippen molar-refractivity contribution >= 4 is 29.3 Å². The summed E-state index contributed by atoms with van der Waals surface area (Å²) in [5, 5.41) is 5.38. The highest BCUT2D eigenvalue weighted by Crippen LogP contribution is 2.27. The van der Waals surface area contributed by atoms with Crippen molar-refractivity contribution < 1.29 is 18.7 Å². The molecular weight excluding hydrogens is 323 g/mol. The molecule has 0 aliphatic rings. The predicted molar refractivity (Wildman–Crippen MR) is 96.0 cm³/mol. The van der Waals surface area contributed by atoms with Crippen LogP contribution >= 0.6 is 0 Å². The van der Waals surface area contributed by atoms with Gasteiger partial charge in [0.25, 0.3) is 0 Å². The summed E-state index contributed by atoms with van der Waals surface area (Å²) in [4.78, 5) is 23.2. The van der Waals surface area contributed by atoms with Gasteiger partial charge in [0.05, 0.1) is 12.8 Å². The number of hydrogen-bond acceptors (Lipinski definition) is 3. The van der Waals surface area contributed by atoms with Gasteiger partial charge in [-0.3, -0.25) is 9.59 Å². The van der Waals surface area contributed by atoms with Crippen LogP contribution in [0.3, 0.4) is 0 Å². The molecule has 0 atom stereocenters. The lowest BCUT2D eigenvalue weighted by Crippen LogP contribution is -2.11. The molecule has 0 spiro atoms. The van der Waals surface area contributed by atoms with Gasteiger partial charge in [-0.15, -0.1) is 0 Å². The second kappa shape index (κ2) is 8.63. The zero-order chi connectivity index (χ0) is 18.2. The Kier molecular flexibility index (Phi) is 6.28.